The summed E-state index contributed by atoms with van der Waals surface area (Å²) in [4.78, 5) is 19.8. The van der Waals surface area contributed by atoms with Gasteiger partial charge in [0, 0.05) is 11.1 Å². The molecule has 0 heterocycles. The van der Waals surface area contributed by atoms with Crippen molar-refractivity contribution in [1.29, 1.82) is 0 Å². The van der Waals surface area contributed by atoms with Crippen molar-refractivity contribution < 1.29 is 14.3 Å². The van der Waals surface area contributed by atoms with Crippen molar-refractivity contribution in [2.45, 2.75) is 112 Å². The molecule has 0 bridgehead atoms. The van der Waals surface area contributed by atoms with E-state index in [2.05, 4.69) is 114 Å². The van der Waals surface area contributed by atoms with E-state index < -0.39 is 8.60 Å². The van der Waals surface area contributed by atoms with Gasteiger partial charge in [0.1, 0.15) is 5.75 Å². The van der Waals surface area contributed by atoms with Gasteiger partial charge in [-0.05, 0) is 56.4 Å². The highest BCUT2D eigenvalue weighted by Crippen LogP contribution is 2.51. The van der Waals surface area contributed by atoms with Crippen LogP contribution in [0.5, 0.6) is 5.75 Å². The fourth-order valence-electron chi connectivity index (χ4n) is 4.45. The van der Waals surface area contributed by atoms with Gasteiger partial charge in [-0.2, -0.15) is 0 Å². The van der Waals surface area contributed by atoms with E-state index in [9.17, 15) is 9.79 Å². The topological polar surface area (TPSA) is 49.7 Å². The smallest absolute Gasteiger partial charge is 0.391 e. The fourth-order valence-corrected chi connectivity index (χ4v) is 4.80. The Morgan fingerprint density at radius 3 is 1.58 bits per heavy atom. The predicted octanol–water partition coefficient (Wildman–Crippen LogP) is 8.44. The number of aryl methyl sites for hydroxylation is 1. The van der Waals surface area contributed by atoms with Crippen LogP contribution in [0.3, 0.4) is 0 Å². The normalized spacial score (nSPS) is 13.6. The summed E-state index contributed by atoms with van der Waals surface area (Å²) in [6, 6.07) is 9.01. The Morgan fingerprint density at radius 2 is 1.18 bits per heavy atom. The molecule has 2 rings (SSSR count). The van der Waals surface area contributed by atoms with Crippen LogP contribution in [0.15, 0.2) is 24.3 Å². The van der Waals surface area contributed by atoms with Gasteiger partial charge in [0.05, 0.1) is 0 Å². The summed E-state index contributed by atoms with van der Waals surface area (Å²) in [6.07, 6.45) is 0. The lowest BCUT2D eigenvalue weighted by molar-refractivity contribution is 0.364. The molecular weight excluding hydrogens is 427 g/mol. The molecule has 184 valence electrons. The van der Waals surface area contributed by atoms with Crippen LogP contribution in [0.2, 0.25) is 0 Å². The van der Waals surface area contributed by atoms with E-state index in [0.29, 0.717) is 5.75 Å². The van der Waals surface area contributed by atoms with Crippen molar-refractivity contribution >= 4 is 8.60 Å². The molecule has 33 heavy (non-hydrogen) atoms. The van der Waals surface area contributed by atoms with Crippen LogP contribution < -0.4 is 4.52 Å². The predicted molar refractivity (Wildman–Crippen MR) is 143 cm³/mol. The Labute approximate surface area is 203 Å². The van der Waals surface area contributed by atoms with Crippen molar-refractivity contribution in [3.63, 3.8) is 0 Å². The molecule has 0 radical (unpaired) electrons. The molecule has 0 aliphatic carbocycles. The second-order valence-electron chi connectivity index (χ2n) is 13.4. The zero-order chi connectivity index (χ0) is 25.7. The van der Waals surface area contributed by atoms with Crippen molar-refractivity contribution in [2.24, 2.45) is 0 Å². The molecule has 0 atom stereocenters. The lowest BCUT2D eigenvalue weighted by Crippen LogP contribution is -2.22. The van der Waals surface area contributed by atoms with Crippen LogP contribution in [0.4, 0.5) is 0 Å². The molecular formula is C29H45O3P. The van der Waals surface area contributed by atoms with Crippen molar-refractivity contribution in [3.8, 4) is 16.9 Å². The van der Waals surface area contributed by atoms with Crippen LogP contribution in [0, 0.1) is 6.92 Å². The van der Waals surface area contributed by atoms with E-state index >= 15 is 0 Å². The first-order chi connectivity index (χ1) is 14.7. The number of hydrogen-bond donors (Lipinski definition) is 2. The molecule has 0 unspecified atom stereocenters. The van der Waals surface area contributed by atoms with Gasteiger partial charge in [-0.1, -0.05) is 107 Å². The van der Waals surface area contributed by atoms with Gasteiger partial charge in [-0.25, -0.2) is 0 Å². The maximum absolute atomic E-state index is 9.92. The Hall–Kier alpha value is -1.41. The summed E-state index contributed by atoms with van der Waals surface area (Å²) in [5, 5.41) is 0. The summed E-state index contributed by atoms with van der Waals surface area (Å²) < 4.78 is 5.83. The van der Waals surface area contributed by atoms with Gasteiger partial charge < -0.3 is 14.3 Å². The van der Waals surface area contributed by atoms with E-state index in [1.807, 2.05) is 0 Å². The zero-order valence-corrected chi connectivity index (χ0v) is 24.0. The molecule has 0 amide bonds. The molecule has 0 aliphatic rings. The Bertz CT molecular complexity index is 1010. The number of rotatable bonds is 3. The summed E-state index contributed by atoms with van der Waals surface area (Å²) in [5.74, 6) is 0.603. The lowest BCUT2D eigenvalue weighted by Gasteiger charge is -2.35. The summed E-state index contributed by atoms with van der Waals surface area (Å²) in [5.41, 5.74) is 7.59. The molecule has 0 aliphatic heterocycles. The summed E-state index contributed by atoms with van der Waals surface area (Å²) >= 11 is 0. The molecule has 0 saturated heterocycles. The van der Waals surface area contributed by atoms with Crippen LogP contribution in [0.25, 0.3) is 11.1 Å². The molecule has 3 nitrogen and oxygen atoms in total. The molecule has 2 N–H and O–H groups in total. The molecule has 0 saturated carbocycles. The first-order valence-corrected chi connectivity index (χ1v) is 13.0. The Morgan fingerprint density at radius 1 is 0.667 bits per heavy atom. The molecule has 2 aromatic carbocycles. The first-order valence-electron chi connectivity index (χ1n) is 11.9. The van der Waals surface area contributed by atoms with Crippen molar-refractivity contribution in [3.05, 3.63) is 52.1 Å². The monoisotopic (exact) mass is 472 g/mol. The zero-order valence-electron chi connectivity index (χ0n) is 23.1. The van der Waals surface area contributed by atoms with Crippen molar-refractivity contribution in [2.75, 3.05) is 0 Å². The van der Waals surface area contributed by atoms with Crippen molar-refractivity contribution in [1.82, 2.24) is 0 Å². The third-order valence-corrected chi connectivity index (χ3v) is 6.52. The highest BCUT2D eigenvalue weighted by molar-refractivity contribution is 7.39. The van der Waals surface area contributed by atoms with Crippen LogP contribution in [-0.2, 0) is 21.7 Å². The maximum atomic E-state index is 9.92. The SMILES string of the molecule is Cc1cc(C(C)(C)C)c(OP(O)O)c(C(C)(C)C)c1-c1ccc(C(C)(C)C)cc1C(C)(C)C. The van der Waals surface area contributed by atoms with Gasteiger partial charge in [-0.15, -0.1) is 0 Å². The minimum atomic E-state index is -2.55. The van der Waals surface area contributed by atoms with E-state index in [0.717, 1.165) is 16.7 Å². The second kappa shape index (κ2) is 8.99. The number of hydrogen-bond acceptors (Lipinski definition) is 3. The average molecular weight is 473 g/mol. The van der Waals surface area contributed by atoms with Gasteiger partial charge >= 0.3 is 8.60 Å². The lowest BCUT2D eigenvalue weighted by atomic mass is 9.71. The van der Waals surface area contributed by atoms with Gasteiger partial charge in [0.2, 0.25) is 0 Å². The van der Waals surface area contributed by atoms with E-state index in [1.54, 1.807) is 0 Å². The largest absolute Gasteiger partial charge is 0.426 e. The third kappa shape index (κ3) is 6.18. The third-order valence-electron chi connectivity index (χ3n) is 6.17. The quantitative estimate of drug-likeness (QED) is 0.441. The molecule has 0 spiro atoms. The summed E-state index contributed by atoms with van der Waals surface area (Å²) in [7, 11) is -2.55. The number of benzene rings is 2. The van der Waals surface area contributed by atoms with E-state index in [4.69, 9.17) is 4.52 Å². The fraction of sp³-hybridized carbons (Fsp3) is 0.586. The maximum Gasteiger partial charge on any atom is 0.391 e. The van der Waals surface area contributed by atoms with E-state index in [-0.39, 0.29) is 21.7 Å². The van der Waals surface area contributed by atoms with E-state index in [1.165, 1.54) is 22.3 Å². The van der Waals surface area contributed by atoms with Gasteiger partial charge in [0.15, 0.2) is 0 Å². The minimum absolute atomic E-state index is 0.0500. The highest BCUT2D eigenvalue weighted by Gasteiger charge is 2.34. The van der Waals surface area contributed by atoms with Crippen LogP contribution in [-0.4, -0.2) is 9.79 Å². The molecule has 4 heteroatoms. The highest BCUT2D eigenvalue weighted by atomic mass is 31.2. The van der Waals surface area contributed by atoms with Gasteiger partial charge in [-0.3, -0.25) is 0 Å². The Balaban J connectivity index is 3.11. The minimum Gasteiger partial charge on any atom is -0.426 e. The molecule has 0 fully saturated rings. The molecule has 2 aromatic rings. The van der Waals surface area contributed by atoms with Crippen LogP contribution >= 0.6 is 8.60 Å². The standard InChI is InChI=1S/C29H45O3P/c1-18-16-22(28(8,9)10)25(32-33(30)31)24(29(11,12)13)23(18)20-15-14-19(26(2,3)4)17-21(20)27(5,6)7/h14-17,30-31H,1-13H3. The average Bonchev–Trinajstić information content (AvgIpc) is 2.58. The first kappa shape index (κ1) is 27.8. The van der Waals surface area contributed by atoms with Gasteiger partial charge in [0.25, 0.3) is 0 Å². The second-order valence-corrected chi connectivity index (χ2v) is 14.1. The summed E-state index contributed by atoms with van der Waals surface area (Å²) in [6.45, 7) is 28.6. The Kier molecular flexibility index (Phi) is 7.58. The molecule has 0 aromatic heterocycles. The van der Waals surface area contributed by atoms with Crippen LogP contribution in [0.1, 0.15) is 111 Å².